The molecule has 0 saturated heterocycles. The Balaban J connectivity index is 2.16. The van der Waals surface area contributed by atoms with Crippen molar-refractivity contribution in [2.45, 2.75) is 6.92 Å². The molecule has 0 atom stereocenters. The Morgan fingerprint density at radius 1 is 1.05 bits per heavy atom. The van der Waals surface area contributed by atoms with E-state index in [4.69, 9.17) is 0 Å². The number of carbonyl (C=O) groups is 1. The average Bonchev–Trinajstić information content (AvgIpc) is 2.57. The van der Waals surface area contributed by atoms with Crippen LogP contribution in [0.25, 0.3) is 22.2 Å². The lowest BCUT2D eigenvalue weighted by Crippen LogP contribution is -2.09. The van der Waals surface area contributed by atoms with E-state index in [1.165, 1.54) is 7.11 Å². The lowest BCUT2D eigenvalue weighted by Gasteiger charge is -2.09. The first-order valence-electron chi connectivity index (χ1n) is 6.92. The SMILES string of the molecule is COC(=O)c1ccc(-c2[nH]c3ccccc3c(=O)c2C)cc1. The van der Waals surface area contributed by atoms with Crippen molar-refractivity contribution in [3.05, 3.63) is 69.9 Å². The van der Waals surface area contributed by atoms with Crippen LogP contribution in [-0.4, -0.2) is 18.1 Å². The molecule has 1 heterocycles. The van der Waals surface area contributed by atoms with Crippen LogP contribution in [0, 0.1) is 6.92 Å². The molecular formula is C18H15NO3. The van der Waals surface area contributed by atoms with Gasteiger partial charge in [-0.15, -0.1) is 0 Å². The molecule has 0 spiro atoms. The third-order valence-corrected chi connectivity index (χ3v) is 3.74. The van der Waals surface area contributed by atoms with Gasteiger partial charge in [0, 0.05) is 16.5 Å². The van der Waals surface area contributed by atoms with E-state index in [1.807, 2.05) is 24.3 Å². The highest BCUT2D eigenvalue weighted by molar-refractivity contribution is 5.90. The smallest absolute Gasteiger partial charge is 0.337 e. The lowest BCUT2D eigenvalue weighted by molar-refractivity contribution is 0.0601. The topological polar surface area (TPSA) is 59.2 Å². The van der Waals surface area contributed by atoms with Crippen molar-refractivity contribution in [2.75, 3.05) is 7.11 Å². The van der Waals surface area contributed by atoms with E-state index in [2.05, 4.69) is 9.72 Å². The number of H-pyrrole nitrogens is 1. The number of pyridine rings is 1. The predicted octanol–water partition coefficient (Wildman–Crippen LogP) is 3.29. The number of fused-ring (bicyclic) bond motifs is 1. The summed E-state index contributed by atoms with van der Waals surface area (Å²) in [6, 6.07) is 14.4. The summed E-state index contributed by atoms with van der Waals surface area (Å²) < 4.78 is 4.69. The van der Waals surface area contributed by atoms with Crippen LogP contribution in [0.2, 0.25) is 0 Å². The molecule has 3 rings (SSSR count). The van der Waals surface area contributed by atoms with E-state index in [9.17, 15) is 9.59 Å². The number of methoxy groups -OCH3 is 1. The lowest BCUT2D eigenvalue weighted by atomic mass is 10.0. The second-order valence-corrected chi connectivity index (χ2v) is 5.07. The summed E-state index contributed by atoms with van der Waals surface area (Å²) >= 11 is 0. The zero-order valence-corrected chi connectivity index (χ0v) is 12.3. The van der Waals surface area contributed by atoms with Gasteiger partial charge in [0.05, 0.1) is 18.4 Å². The second kappa shape index (κ2) is 5.48. The number of aromatic amines is 1. The summed E-state index contributed by atoms with van der Waals surface area (Å²) in [5, 5.41) is 0.676. The Bertz CT molecular complexity index is 908. The maximum Gasteiger partial charge on any atom is 0.337 e. The summed E-state index contributed by atoms with van der Waals surface area (Å²) in [5.41, 5.74) is 3.57. The molecule has 1 N–H and O–H groups in total. The molecule has 3 aromatic rings. The Hall–Kier alpha value is -2.88. The predicted molar refractivity (Wildman–Crippen MR) is 86.1 cm³/mol. The number of esters is 1. The number of nitrogens with one attached hydrogen (secondary N) is 1. The third-order valence-electron chi connectivity index (χ3n) is 3.74. The number of aromatic nitrogens is 1. The third kappa shape index (κ3) is 2.29. The van der Waals surface area contributed by atoms with Crippen LogP contribution in [0.5, 0.6) is 0 Å². The molecule has 4 nitrogen and oxygen atoms in total. The van der Waals surface area contributed by atoms with Crippen LogP contribution in [0.1, 0.15) is 15.9 Å². The molecule has 0 unspecified atom stereocenters. The van der Waals surface area contributed by atoms with Crippen LogP contribution in [0.15, 0.2) is 53.3 Å². The maximum absolute atomic E-state index is 12.4. The molecule has 2 aromatic carbocycles. The number of benzene rings is 2. The molecule has 0 aliphatic heterocycles. The van der Waals surface area contributed by atoms with Crippen molar-refractivity contribution in [1.29, 1.82) is 0 Å². The van der Waals surface area contributed by atoms with Gasteiger partial charge in [0.2, 0.25) is 0 Å². The van der Waals surface area contributed by atoms with Crippen LogP contribution in [0.3, 0.4) is 0 Å². The van der Waals surface area contributed by atoms with Gasteiger partial charge >= 0.3 is 5.97 Å². The van der Waals surface area contributed by atoms with E-state index in [0.717, 1.165) is 16.8 Å². The van der Waals surface area contributed by atoms with E-state index in [1.54, 1.807) is 31.2 Å². The van der Waals surface area contributed by atoms with Gasteiger partial charge in [-0.1, -0.05) is 24.3 Å². The van der Waals surface area contributed by atoms with Crippen LogP contribution in [0.4, 0.5) is 0 Å². The molecule has 0 bridgehead atoms. The molecule has 0 aliphatic carbocycles. The molecule has 22 heavy (non-hydrogen) atoms. The highest BCUT2D eigenvalue weighted by Gasteiger charge is 2.11. The van der Waals surface area contributed by atoms with Gasteiger partial charge in [0.15, 0.2) is 5.43 Å². The van der Waals surface area contributed by atoms with E-state index >= 15 is 0 Å². The van der Waals surface area contributed by atoms with Gasteiger partial charge in [-0.3, -0.25) is 4.79 Å². The van der Waals surface area contributed by atoms with Crippen molar-refractivity contribution in [1.82, 2.24) is 4.98 Å². The minimum Gasteiger partial charge on any atom is -0.465 e. The molecule has 4 heteroatoms. The molecule has 0 amide bonds. The summed E-state index contributed by atoms with van der Waals surface area (Å²) in [5.74, 6) is -0.379. The summed E-state index contributed by atoms with van der Waals surface area (Å²) in [6.45, 7) is 1.80. The number of carbonyl (C=O) groups excluding carboxylic acids is 1. The monoisotopic (exact) mass is 293 g/mol. The molecule has 0 aliphatic rings. The van der Waals surface area contributed by atoms with E-state index in [-0.39, 0.29) is 11.4 Å². The van der Waals surface area contributed by atoms with Gasteiger partial charge in [-0.25, -0.2) is 4.79 Å². The van der Waals surface area contributed by atoms with E-state index < -0.39 is 0 Å². The van der Waals surface area contributed by atoms with Crippen molar-refractivity contribution >= 4 is 16.9 Å². The normalized spacial score (nSPS) is 10.6. The van der Waals surface area contributed by atoms with Crippen molar-refractivity contribution in [3.63, 3.8) is 0 Å². The summed E-state index contributed by atoms with van der Waals surface area (Å²) in [4.78, 5) is 27.2. The van der Waals surface area contributed by atoms with Gasteiger partial charge in [0.25, 0.3) is 0 Å². The Kier molecular flexibility index (Phi) is 3.51. The van der Waals surface area contributed by atoms with Crippen molar-refractivity contribution in [2.24, 2.45) is 0 Å². The first-order valence-corrected chi connectivity index (χ1v) is 6.92. The van der Waals surface area contributed by atoms with Gasteiger partial charge < -0.3 is 9.72 Å². The van der Waals surface area contributed by atoms with E-state index in [0.29, 0.717) is 16.5 Å². The zero-order valence-electron chi connectivity index (χ0n) is 12.3. The van der Waals surface area contributed by atoms with Crippen molar-refractivity contribution < 1.29 is 9.53 Å². The number of rotatable bonds is 2. The minimum atomic E-state index is -0.379. The summed E-state index contributed by atoms with van der Waals surface area (Å²) in [6.07, 6.45) is 0. The maximum atomic E-state index is 12.4. The molecule has 0 fully saturated rings. The highest BCUT2D eigenvalue weighted by Crippen LogP contribution is 2.22. The first kappa shape index (κ1) is 14.1. The number of hydrogen-bond donors (Lipinski definition) is 1. The second-order valence-electron chi connectivity index (χ2n) is 5.07. The number of para-hydroxylation sites is 1. The fourth-order valence-corrected chi connectivity index (χ4v) is 2.51. The highest BCUT2D eigenvalue weighted by atomic mass is 16.5. The fourth-order valence-electron chi connectivity index (χ4n) is 2.51. The molecule has 110 valence electrons. The van der Waals surface area contributed by atoms with Crippen LogP contribution >= 0.6 is 0 Å². The largest absolute Gasteiger partial charge is 0.465 e. The standard InChI is InChI=1S/C18H15NO3/c1-11-16(12-7-9-13(10-8-12)18(21)22-2)19-15-6-4-3-5-14(15)17(11)20/h3-10H,1-2H3,(H,19,20). The minimum absolute atomic E-state index is 0.0152. The molecule has 1 aromatic heterocycles. The molecule has 0 radical (unpaired) electrons. The number of ether oxygens (including phenoxy) is 1. The van der Waals surface area contributed by atoms with Gasteiger partial charge in [-0.05, 0) is 36.8 Å². The van der Waals surface area contributed by atoms with Gasteiger partial charge in [-0.2, -0.15) is 0 Å². The number of hydrogen-bond acceptors (Lipinski definition) is 3. The Morgan fingerprint density at radius 3 is 2.41 bits per heavy atom. The Labute approximate surface area is 127 Å². The van der Waals surface area contributed by atoms with Gasteiger partial charge in [0.1, 0.15) is 0 Å². The quantitative estimate of drug-likeness (QED) is 0.738. The van der Waals surface area contributed by atoms with Crippen LogP contribution < -0.4 is 5.43 Å². The van der Waals surface area contributed by atoms with Crippen LogP contribution in [-0.2, 0) is 4.74 Å². The average molecular weight is 293 g/mol. The Morgan fingerprint density at radius 2 is 1.73 bits per heavy atom. The molecular weight excluding hydrogens is 278 g/mol. The first-order chi connectivity index (χ1) is 10.6. The van der Waals surface area contributed by atoms with Crippen molar-refractivity contribution in [3.8, 4) is 11.3 Å². The summed E-state index contributed by atoms with van der Waals surface area (Å²) in [7, 11) is 1.35. The fraction of sp³-hybridized carbons (Fsp3) is 0.111. The molecule has 0 saturated carbocycles. The zero-order chi connectivity index (χ0) is 15.7.